The summed E-state index contributed by atoms with van der Waals surface area (Å²) >= 11 is 0. The molecule has 2 atom stereocenters. The summed E-state index contributed by atoms with van der Waals surface area (Å²) in [6.07, 6.45) is 3.44. The van der Waals surface area contributed by atoms with Gasteiger partial charge < -0.3 is 19.5 Å². The van der Waals surface area contributed by atoms with Crippen LogP contribution < -0.4 is 10.1 Å². The first-order valence-corrected chi connectivity index (χ1v) is 9.43. The molecule has 25 heavy (non-hydrogen) atoms. The van der Waals surface area contributed by atoms with Gasteiger partial charge in [-0.1, -0.05) is 12.1 Å². The second-order valence-corrected chi connectivity index (χ2v) is 6.90. The fraction of sp³-hybridized carbons (Fsp3) is 0.650. The molecule has 2 fully saturated rings. The molecule has 0 spiro atoms. The van der Waals surface area contributed by atoms with Crippen LogP contribution in [-0.2, 0) is 20.7 Å². The molecule has 0 unspecified atom stereocenters. The molecule has 0 saturated carbocycles. The summed E-state index contributed by atoms with van der Waals surface area (Å²) in [4.78, 5) is 12.5. The Morgan fingerprint density at radius 1 is 1.12 bits per heavy atom. The van der Waals surface area contributed by atoms with Crippen LogP contribution in [0.3, 0.4) is 0 Å². The third-order valence-electron chi connectivity index (χ3n) is 5.22. The maximum Gasteiger partial charge on any atom is 0.224 e. The Balaban J connectivity index is 1.54. The number of ether oxygens (including phenoxy) is 3. The largest absolute Gasteiger partial charge is 0.494 e. The highest BCUT2D eigenvalue weighted by atomic mass is 16.5. The van der Waals surface area contributed by atoms with E-state index in [1.54, 1.807) is 0 Å². The van der Waals surface area contributed by atoms with E-state index in [0.717, 1.165) is 57.0 Å². The van der Waals surface area contributed by atoms with Gasteiger partial charge in [-0.25, -0.2) is 0 Å². The molecule has 5 heteroatoms. The van der Waals surface area contributed by atoms with Crippen LogP contribution in [0, 0.1) is 11.8 Å². The smallest absolute Gasteiger partial charge is 0.224 e. The molecule has 2 heterocycles. The molecule has 1 amide bonds. The second-order valence-electron chi connectivity index (χ2n) is 6.90. The van der Waals surface area contributed by atoms with Crippen molar-refractivity contribution in [3.05, 3.63) is 29.8 Å². The predicted octanol–water partition coefficient (Wildman–Crippen LogP) is 2.58. The first-order chi connectivity index (χ1) is 12.3. The lowest BCUT2D eigenvalue weighted by atomic mass is 9.79. The van der Waals surface area contributed by atoms with Crippen LogP contribution >= 0.6 is 0 Å². The van der Waals surface area contributed by atoms with E-state index in [1.807, 2.05) is 31.2 Å². The van der Waals surface area contributed by atoms with Crippen molar-refractivity contribution >= 4 is 5.91 Å². The van der Waals surface area contributed by atoms with Crippen molar-refractivity contribution in [2.24, 2.45) is 11.8 Å². The Kier molecular flexibility index (Phi) is 6.70. The normalized spacial score (nSPS) is 24.7. The summed E-state index contributed by atoms with van der Waals surface area (Å²) in [6, 6.07) is 7.98. The molecule has 0 radical (unpaired) electrons. The van der Waals surface area contributed by atoms with Crippen LogP contribution in [0.25, 0.3) is 0 Å². The third-order valence-corrected chi connectivity index (χ3v) is 5.22. The number of benzene rings is 1. The Morgan fingerprint density at radius 2 is 1.84 bits per heavy atom. The topological polar surface area (TPSA) is 56.8 Å². The molecule has 2 aliphatic heterocycles. The number of rotatable bonds is 6. The van der Waals surface area contributed by atoms with Crippen molar-refractivity contribution in [1.29, 1.82) is 0 Å². The number of hydrogen-bond acceptors (Lipinski definition) is 4. The van der Waals surface area contributed by atoms with Gasteiger partial charge in [0.25, 0.3) is 0 Å². The summed E-state index contributed by atoms with van der Waals surface area (Å²) < 4.78 is 16.6. The number of carbonyl (C=O) groups excluding carboxylic acids is 1. The van der Waals surface area contributed by atoms with Crippen molar-refractivity contribution in [3.63, 3.8) is 0 Å². The van der Waals surface area contributed by atoms with Crippen LogP contribution in [0.15, 0.2) is 24.3 Å². The quantitative estimate of drug-likeness (QED) is 0.859. The summed E-state index contributed by atoms with van der Waals surface area (Å²) in [7, 11) is 0. The SMILES string of the molecule is CCOc1ccc(CC(=O)N[C@@H]2CCOC[C@@H]2C2CCOCC2)cc1. The van der Waals surface area contributed by atoms with E-state index < -0.39 is 0 Å². The van der Waals surface area contributed by atoms with Gasteiger partial charge in [-0.2, -0.15) is 0 Å². The van der Waals surface area contributed by atoms with Gasteiger partial charge in [0.05, 0.1) is 19.6 Å². The van der Waals surface area contributed by atoms with Gasteiger partial charge in [0, 0.05) is 31.8 Å². The first kappa shape index (κ1) is 18.2. The maximum atomic E-state index is 12.5. The van der Waals surface area contributed by atoms with Crippen LogP contribution in [0.4, 0.5) is 0 Å². The number of carbonyl (C=O) groups is 1. The van der Waals surface area contributed by atoms with Crippen molar-refractivity contribution in [2.45, 2.75) is 38.6 Å². The molecule has 138 valence electrons. The Bertz CT molecular complexity index is 539. The van der Waals surface area contributed by atoms with Crippen molar-refractivity contribution in [1.82, 2.24) is 5.32 Å². The molecule has 1 N–H and O–H groups in total. The molecule has 5 nitrogen and oxygen atoms in total. The molecule has 3 rings (SSSR count). The molecule has 2 aliphatic rings. The number of hydrogen-bond donors (Lipinski definition) is 1. The molecular weight excluding hydrogens is 318 g/mol. The minimum atomic E-state index is 0.0909. The van der Waals surface area contributed by atoms with E-state index in [2.05, 4.69) is 5.32 Å². The zero-order chi connectivity index (χ0) is 17.5. The zero-order valence-corrected chi connectivity index (χ0v) is 15.0. The van der Waals surface area contributed by atoms with E-state index in [0.29, 0.717) is 24.9 Å². The summed E-state index contributed by atoms with van der Waals surface area (Å²) in [5.41, 5.74) is 1.01. The third kappa shape index (κ3) is 5.19. The fourth-order valence-electron chi connectivity index (χ4n) is 3.86. The van der Waals surface area contributed by atoms with Crippen molar-refractivity contribution in [3.8, 4) is 5.75 Å². The highest BCUT2D eigenvalue weighted by molar-refractivity contribution is 5.79. The van der Waals surface area contributed by atoms with Gasteiger partial charge in [0.2, 0.25) is 5.91 Å². The van der Waals surface area contributed by atoms with Gasteiger partial charge in [-0.3, -0.25) is 4.79 Å². The van der Waals surface area contributed by atoms with Crippen molar-refractivity contribution < 1.29 is 19.0 Å². The monoisotopic (exact) mass is 347 g/mol. The van der Waals surface area contributed by atoms with E-state index >= 15 is 0 Å². The zero-order valence-electron chi connectivity index (χ0n) is 15.0. The number of amides is 1. The fourth-order valence-corrected chi connectivity index (χ4v) is 3.86. The lowest BCUT2D eigenvalue weighted by Crippen LogP contribution is -2.49. The summed E-state index contributed by atoms with van der Waals surface area (Å²) in [5, 5.41) is 3.26. The average Bonchev–Trinajstić information content (AvgIpc) is 2.65. The Morgan fingerprint density at radius 3 is 2.56 bits per heavy atom. The second kappa shape index (κ2) is 9.20. The van der Waals surface area contributed by atoms with Gasteiger partial charge >= 0.3 is 0 Å². The Hall–Kier alpha value is -1.59. The lowest BCUT2D eigenvalue weighted by Gasteiger charge is -2.39. The average molecular weight is 347 g/mol. The summed E-state index contributed by atoms with van der Waals surface area (Å²) in [5.74, 6) is 1.93. The molecular formula is C20H29NO4. The van der Waals surface area contributed by atoms with E-state index in [9.17, 15) is 4.79 Å². The van der Waals surface area contributed by atoms with Gasteiger partial charge in [-0.05, 0) is 49.8 Å². The van der Waals surface area contributed by atoms with Crippen LogP contribution in [0.5, 0.6) is 5.75 Å². The molecule has 0 aromatic heterocycles. The van der Waals surface area contributed by atoms with Gasteiger partial charge in [0.1, 0.15) is 5.75 Å². The van der Waals surface area contributed by atoms with Crippen LogP contribution in [0.2, 0.25) is 0 Å². The van der Waals surface area contributed by atoms with Gasteiger partial charge in [-0.15, -0.1) is 0 Å². The van der Waals surface area contributed by atoms with E-state index in [-0.39, 0.29) is 11.9 Å². The van der Waals surface area contributed by atoms with Crippen molar-refractivity contribution in [2.75, 3.05) is 33.0 Å². The lowest BCUT2D eigenvalue weighted by molar-refractivity contribution is -0.123. The number of nitrogens with one attached hydrogen (secondary N) is 1. The maximum absolute atomic E-state index is 12.5. The van der Waals surface area contributed by atoms with E-state index in [1.165, 1.54) is 0 Å². The molecule has 1 aromatic rings. The molecule has 2 saturated heterocycles. The minimum absolute atomic E-state index is 0.0909. The van der Waals surface area contributed by atoms with Gasteiger partial charge in [0.15, 0.2) is 0 Å². The molecule has 0 bridgehead atoms. The highest BCUT2D eigenvalue weighted by Gasteiger charge is 2.34. The predicted molar refractivity (Wildman–Crippen MR) is 95.7 cm³/mol. The standard InChI is InChI=1S/C20H29NO4/c1-2-25-17-5-3-15(4-6-17)13-20(22)21-19-9-12-24-14-18(19)16-7-10-23-11-8-16/h3-6,16,18-19H,2,7-14H2,1H3,(H,21,22)/t18-,19-/m1/s1. The Labute approximate surface area is 150 Å². The van der Waals surface area contributed by atoms with Crippen LogP contribution in [-0.4, -0.2) is 45.0 Å². The highest BCUT2D eigenvalue weighted by Crippen LogP contribution is 2.30. The molecule has 0 aliphatic carbocycles. The summed E-state index contributed by atoms with van der Waals surface area (Å²) in [6.45, 7) is 5.75. The first-order valence-electron chi connectivity index (χ1n) is 9.43. The minimum Gasteiger partial charge on any atom is -0.494 e. The van der Waals surface area contributed by atoms with E-state index in [4.69, 9.17) is 14.2 Å². The molecule has 1 aromatic carbocycles. The van der Waals surface area contributed by atoms with Crippen LogP contribution in [0.1, 0.15) is 31.7 Å².